The molecule has 0 spiro atoms. The van der Waals surface area contributed by atoms with Crippen molar-refractivity contribution in [2.75, 3.05) is 19.9 Å². The summed E-state index contributed by atoms with van der Waals surface area (Å²) in [5, 5.41) is 3.41. The third kappa shape index (κ3) is 4.41. The van der Waals surface area contributed by atoms with Gasteiger partial charge in [-0.05, 0) is 26.2 Å². The number of hydrogen-bond donors (Lipinski definition) is 1. The zero-order valence-corrected chi connectivity index (χ0v) is 11.2. The Bertz CT molecular complexity index is 329. The Kier molecular flexibility index (Phi) is 5.09. The van der Waals surface area contributed by atoms with E-state index in [1.807, 2.05) is 30.0 Å². The lowest BCUT2D eigenvalue weighted by molar-refractivity contribution is 0.395. The van der Waals surface area contributed by atoms with E-state index in [4.69, 9.17) is 4.74 Å². The summed E-state index contributed by atoms with van der Waals surface area (Å²) in [6, 6.07) is 5.82. The number of rotatable bonds is 6. The summed E-state index contributed by atoms with van der Waals surface area (Å²) in [6.45, 7) is 6.20. The molecule has 0 aliphatic heterocycles. The quantitative estimate of drug-likeness (QED) is 0.827. The Balaban J connectivity index is 2.42. The van der Waals surface area contributed by atoms with Gasteiger partial charge in [-0.2, -0.15) is 11.8 Å². The number of nitrogens with one attached hydrogen (secondary N) is 1. The van der Waals surface area contributed by atoms with E-state index < -0.39 is 0 Å². The molecule has 1 N–H and O–H groups in total. The SMILES string of the molecule is COc1cccc(CNCC(C)(C)SC)n1. The highest BCUT2D eigenvalue weighted by atomic mass is 32.2. The van der Waals surface area contributed by atoms with Crippen LogP contribution < -0.4 is 10.1 Å². The van der Waals surface area contributed by atoms with Crippen molar-refractivity contribution in [3.05, 3.63) is 23.9 Å². The number of pyridine rings is 1. The number of thioether (sulfide) groups is 1. The third-order valence-electron chi connectivity index (χ3n) is 2.40. The van der Waals surface area contributed by atoms with E-state index in [0.29, 0.717) is 5.88 Å². The normalized spacial score (nSPS) is 11.5. The van der Waals surface area contributed by atoms with Gasteiger partial charge in [-0.3, -0.25) is 0 Å². The molecule has 16 heavy (non-hydrogen) atoms. The van der Waals surface area contributed by atoms with Crippen molar-refractivity contribution < 1.29 is 4.74 Å². The van der Waals surface area contributed by atoms with Gasteiger partial charge in [-0.15, -0.1) is 0 Å². The van der Waals surface area contributed by atoms with E-state index in [9.17, 15) is 0 Å². The van der Waals surface area contributed by atoms with Crippen molar-refractivity contribution in [2.45, 2.75) is 25.1 Å². The Morgan fingerprint density at radius 1 is 1.44 bits per heavy atom. The van der Waals surface area contributed by atoms with E-state index in [-0.39, 0.29) is 4.75 Å². The summed E-state index contributed by atoms with van der Waals surface area (Å²) in [5.74, 6) is 0.670. The highest BCUT2D eigenvalue weighted by Crippen LogP contribution is 2.19. The predicted octanol–water partition coefficient (Wildman–Crippen LogP) is 2.32. The van der Waals surface area contributed by atoms with Gasteiger partial charge in [0.05, 0.1) is 12.8 Å². The van der Waals surface area contributed by atoms with E-state index in [1.165, 1.54) is 0 Å². The molecular weight excluding hydrogens is 220 g/mol. The first-order valence-corrected chi connectivity index (χ1v) is 6.55. The molecule has 90 valence electrons. The molecular formula is C12H20N2OS. The highest BCUT2D eigenvalue weighted by Gasteiger charge is 2.14. The Hall–Kier alpha value is -0.740. The lowest BCUT2D eigenvalue weighted by atomic mass is 10.2. The maximum absolute atomic E-state index is 5.08. The minimum atomic E-state index is 0.263. The third-order valence-corrected chi connectivity index (χ3v) is 3.65. The summed E-state index contributed by atoms with van der Waals surface area (Å²) >= 11 is 1.86. The molecule has 1 heterocycles. The predicted molar refractivity (Wildman–Crippen MR) is 70.1 cm³/mol. The van der Waals surface area contributed by atoms with Crippen LogP contribution in [0.25, 0.3) is 0 Å². The largest absolute Gasteiger partial charge is 0.481 e. The lowest BCUT2D eigenvalue weighted by Gasteiger charge is -2.22. The van der Waals surface area contributed by atoms with E-state index >= 15 is 0 Å². The summed E-state index contributed by atoms with van der Waals surface area (Å²) in [5.41, 5.74) is 1.01. The van der Waals surface area contributed by atoms with Crippen LogP contribution in [0.4, 0.5) is 0 Å². The van der Waals surface area contributed by atoms with Crippen molar-refractivity contribution >= 4 is 11.8 Å². The molecule has 0 aromatic carbocycles. The average Bonchev–Trinajstić information content (AvgIpc) is 2.29. The first kappa shape index (κ1) is 13.3. The molecule has 4 heteroatoms. The Morgan fingerprint density at radius 3 is 2.81 bits per heavy atom. The molecule has 1 rings (SSSR count). The average molecular weight is 240 g/mol. The Labute approximate surface area is 102 Å². The molecule has 0 aliphatic carbocycles. The van der Waals surface area contributed by atoms with Crippen LogP contribution in [0.1, 0.15) is 19.5 Å². The molecule has 1 aromatic rings. The van der Waals surface area contributed by atoms with Crippen LogP contribution >= 0.6 is 11.8 Å². The molecule has 0 bridgehead atoms. The minimum Gasteiger partial charge on any atom is -0.481 e. The van der Waals surface area contributed by atoms with Gasteiger partial charge in [0, 0.05) is 23.9 Å². The maximum atomic E-state index is 5.08. The second kappa shape index (κ2) is 6.11. The summed E-state index contributed by atoms with van der Waals surface area (Å²) in [4.78, 5) is 4.35. The van der Waals surface area contributed by atoms with Crippen LogP contribution in [0.5, 0.6) is 5.88 Å². The standard InChI is InChI=1S/C12H20N2OS/c1-12(2,16-4)9-13-8-10-6-5-7-11(14-10)15-3/h5-7,13H,8-9H2,1-4H3. The van der Waals surface area contributed by atoms with Gasteiger partial charge in [0.1, 0.15) is 0 Å². The van der Waals surface area contributed by atoms with Gasteiger partial charge in [-0.25, -0.2) is 4.98 Å². The number of ether oxygens (including phenoxy) is 1. The lowest BCUT2D eigenvalue weighted by Crippen LogP contribution is -2.31. The molecule has 0 saturated carbocycles. The molecule has 0 fully saturated rings. The van der Waals surface area contributed by atoms with Crippen molar-refractivity contribution in [3.63, 3.8) is 0 Å². The van der Waals surface area contributed by atoms with Gasteiger partial charge >= 0.3 is 0 Å². The topological polar surface area (TPSA) is 34.1 Å². The van der Waals surface area contributed by atoms with Gasteiger partial charge < -0.3 is 10.1 Å². The molecule has 0 aliphatic rings. The van der Waals surface area contributed by atoms with Crippen LogP contribution in [0.2, 0.25) is 0 Å². The van der Waals surface area contributed by atoms with Crippen molar-refractivity contribution in [1.29, 1.82) is 0 Å². The van der Waals surface area contributed by atoms with Gasteiger partial charge in [-0.1, -0.05) is 6.07 Å². The number of aromatic nitrogens is 1. The van der Waals surface area contributed by atoms with Gasteiger partial charge in [0.2, 0.25) is 5.88 Å². The summed E-state index contributed by atoms with van der Waals surface area (Å²) in [6.07, 6.45) is 2.13. The molecule has 1 aromatic heterocycles. The zero-order valence-electron chi connectivity index (χ0n) is 10.4. The van der Waals surface area contributed by atoms with Crippen LogP contribution in [0.15, 0.2) is 18.2 Å². The molecule has 0 atom stereocenters. The van der Waals surface area contributed by atoms with Gasteiger partial charge in [0.15, 0.2) is 0 Å². The molecule has 3 nitrogen and oxygen atoms in total. The first-order chi connectivity index (χ1) is 7.57. The zero-order chi connectivity index (χ0) is 12.0. The van der Waals surface area contributed by atoms with Crippen LogP contribution in [0.3, 0.4) is 0 Å². The molecule has 0 unspecified atom stereocenters. The van der Waals surface area contributed by atoms with Crippen LogP contribution in [-0.4, -0.2) is 29.6 Å². The molecule has 0 saturated heterocycles. The van der Waals surface area contributed by atoms with Crippen molar-refractivity contribution in [1.82, 2.24) is 10.3 Å². The molecule has 0 radical (unpaired) electrons. The fourth-order valence-electron chi connectivity index (χ4n) is 1.23. The fourth-order valence-corrected chi connectivity index (χ4v) is 1.48. The van der Waals surface area contributed by atoms with Crippen LogP contribution in [-0.2, 0) is 6.54 Å². The monoisotopic (exact) mass is 240 g/mol. The second-order valence-corrected chi connectivity index (χ2v) is 5.75. The van der Waals surface area contributed by atoms with Gasteiger partial charge in [0.25, 0.3) is 0 Å². The maximum Gasteiger partial charge on any atom is 0.213 e. The first-order valence-electron chi connectivity index (χ1n) is 5.33. The number of nitrogens with zero attached hydrogens (tertiary/aromatic N) is 1. The highest BCUT2D eigenvalue weighted by molar-refractivity contribution is 7.99. The van der Waals surface area contributed by atoms with E-state index in [2.05, 4.69) is 30.4 Å². The smallest absolute Gasteiger partial charge is 0.213 e. The van der Waals surface area contributed by atoms with E-state index in [1.54, 1.807) is 7.11 Å². The number of hydrogen-bond acceptors (Lipinski definition) is 4. The fraction of sp³-hybridized carbons (Fsp3) is 0.583. The number of methoxy groups -OCH3 is 1. The Morgan fingerprint density at radius 2 is 2.19 bits per heavy atom. The molecule has 0 amide bonds. The van der Waals surface area contributed by atoms with Crippen LogP contribution in [0, 0.1) is 0 Å². The van der Waals surface area contributed by atoms with Crippen molar-refractivity contribution in [3.8, 4) is 5.88 Å². The van der Waals surface area contributed by atoms with E-state index in [0.717, 1.165) is 18.8 Å². The summed E-state index contributed by atoms with van der Waals surface area (Å²) < 4.78 is 5.34. The van der Waals surface area contributed by atoms with Crippen molar-refractivity contribution in [2.24, 2.45) is 0 Å². The second-order valence-electron chi connectivity index (χ2n) is 4.24. The minimum absolute atomic E-state index is 0.263. The summed E-state index contributed by atoms with van der Waals surface area (Å²) in [7, 11) is 1.64.